The molecule has 0 aliphatic rings. The monoisotopic (exact) mass is 400 g/mol. The number of hydrogen-bond donors (Lipinski definition) is 2. The van der Waals surface area contributed by atoms with E-state index in [0.717, 1.165) is 41.6 Å². The second-order valence-electron chi connectivity index (χ2n) is 7.10. The molecule has 7 nitrogen and oxygen atoms in total. The molecule has 0 radical (unpaired) electrons. The first-order chi connectivity index (χ1) is 14.8. The van der Waals surface area contributed by atoms with Crippen molar-refractivity contribution in [2.24, 2.45) is 0 Å². The first-order valence-electron chi connectivity index (χ1n) is 10.1. The number of anilines is 1. The molecule has 30 heavy (non-hydrogen) atoms. The van der Waals surface area contributed by atoms with E-state index in [2.05, 4.69) is 67.8 Å². The zero-order valence-corrected chi connectivity index (χ0v) is 16.9. The van der Waals surface area contributed by atoms with Crippen molar-refractivity contribution in [3.05, 3.63) is 72.4 Å². The Morgan fingerprint density at radius 1 is 0.967 bits per heavy atom. The number of H-pyrrole nitrogens is 1. The van der Waals surface area contributed by atoms with Crippen LogP contribution in [-0.2, 0) is 6.54 Å². The Hall–Kier alpha value is -3.74. The predicted molar refractivity (Wildman–Crippen MR) is 117 cm³/mol. The summed E-state index contributed by atoms with van der Waals surface area (Å²) in [7, 11) is 0. The summed E-state index contributed by atoms with van der Waals surface area (Å²) in [6, 6.07) is 19.9. The third kappa shape index (κ3) is 4.30. The number of aromatic amines is 1. The zero-order chi connectivity index (χ0) is 20.8. The van der Waals surface area contributed by atoms with Crippen LogP contribution in [0.15, 0.2) is 66.9 Å². The van der Waals surface area contributed by atoms with Gasteiger partial charge in [-0.25, -0.2) is 4.98 Å². The molecule has 2 heterocycles. The number of pyridine rings is 1. The summed E-state index contributed by atoms with van der Waals surface area (Å²) in [6.45, 7) is 3.67. The fourth-order valence-corrected chi connectivity index (χ4v) is 3.46. The normalized spacial score (nSPS) is 10.8. The van der Waals surface area contributed by atoms with E-state index in [1.165, 1.54) is 0 Å². The van der Waals surface area contributed by atoms with Crippen LogP contribution < -0.4 is 4.90 Å². The molecule has 4 aromatic rings. The number of nitrogens with zero attached hydrogens (tertiary/aromatic N) is 5. The standard InChI is InChI=1S/C23H24N6O/c1-2-3-15-29(23-21(30)9-6-14-24-23)16-17-10-12-18(13-11-17)19-7-4-5-8-20(19)22-25-27-28-26-22/h4-14,30H,2-3,15-16H2,1H3,(H,25,26,27,28). The van der Waals surface area contributed by atoms with Gasteiger partial charge in [-0.2, -0.15) is 5.21 Å². The Labute approximate surface area is 175 Å². The minimum Gasteiger partial charge on any atom is -0.504 e. The quantitative estimate of drug-likeness (QED) is 0.454. The summed E-state index contributed by atoms with van der Waals surface area (Å²) >= 11 is 0. The van der Waals surface area contributed by atoms with Crippen molar-refractivity contribution in [3.63, 3.8) is 0 Å². The van der Waals surface area contributed by atoms with Crippen molar-refractivity contribution in [1.82, 2.24) is 25.6 Å². The Morgan fingerprint density at radius 3 is 2.47 bits per heavy atom. The van der Waals surface area contributed by atoms with Crippen LogP contribution >= 0.6 is 0 Å². The Morgan fingerprint density at radius 2 is 1.77 bits per heavy atom. The second-order valence-corrected chi connectivity index (χ2v) is 7.10. The van der Waals surface area contributed by atoms with Crippen LogP contribution in [0.5, 0.6) is 5.75 Å². The van der Waals surface area contributed by atoms with Gasteiger partial charge in [0, 0.05) is 24.8 Å². The van der Waals surface area contributed by atoms with Crippen molar-refractivity contribution < 1.29 is 5.11 Å². The maximum atomic E-state index is 10.2. The molecule has 2 aromatic heterocycles. The van der Waals surface area contributed by atoms with E-state index >= 15 is 0 Å². The molecule has 0 atom stereocenters. The molecule has 0 amide bonds. The van der Waals surface area contributed by atoms with Gasteiger partial charge in [-0.15, -0.1) is 10.2 Å². The van der Waals surface area contributed by atoms with Crippen molar-refractivity contribution >= 4 is 5.82 Å². The molecule has 2 aromatic carbocycles. The van der Waals surface area contributed by atoms with Crippen molar-refractivity contribution in [1.29, 1.82) is 0 Å². The summed E-state index contributed by atoms with van der Waals surface area (Å²) in [5, 5.41) is 24.7. The highest BCUT2D eigenvalue weighted by Crippen LogP contribution is 2.30. The van der Waals surface area contributed by atoms with Crippen molar-refractivity contribution in [2.45, 2.75) is 26.3 Å². The molecule has 152 valence electrons. The van der Waals surface area contributed by atoms with Gasteiger partial charge in [0.15, 0.2) is 11.6 Å². The number of tetrazole rings is 1. The van der Waals surface area contributed by atoms with Gasteiger partial charge in [0.1, 0.15) is 0 Å². The van der Waals surface area contributed by atoms with Crippen molar-refractivity contribution in [3.8, 4) is 28.3 Å². The molecule has 0 aliphatic heterocycles. The Balaban J connectivity index is 1.59. The molecule has 0 saturated heterocycles. The van der Waals surface area contributed by atoms with E-state index in [1.807, 2.05) is 18.2 Å². The lowest BCUT2D eigenvalue weighted by atomic mass is 9.98. The SMILES string of the molecule is CCCCN(Cc1ccc(-c2ccccc2-c2nn[nH]n2)cc1)c1ncccc1O. The molecule has 7 heteroatoms. The molecular weight excluding hydrogens is 376 g/mol. The van der Waals surface area contributed by atoms with Gasteiger partial charge < -0.3 is 10.0 Å². The lowest BCUT2D eigenvalue weighted by molar-refractivity contribution is 0.470. The molecular formula is C23H24N6O. The van der Waals surface area contributed by atoms with Gasteiger partial charge in [0.25, 0.3) is 0 Å². The fourth-order valence-electron chi connectivity index (χ4n) is 3.46. The largest absolute Gasteiger partial charge is 0.504 e. The van der Waals surface area contributed by atoms with Gasteiger partial charge in [-0.05, 0) is 40.5 Å². The van der Waals surface area contributed by atoms with E-state index in [4.69, 9.17) is 0 Å². The third-order valence-corrected chi connectivity index (χ3v) is 5.00. The highest BCUT2D eigenvalue weighted by Gasteiger charge is 2.14. The summed E-state index contributed by atoms with van der Waals surface area (Å²) in [5.74, 6) is 1.41. The summed E-state index contributed by atoms with van der Waals surface area (Å²) in [5.41, 5.74) is 4.22. The highest BCUT2D eigenvalue weighted by molar-refractivity contribution is 5.80. The average molecular weight is 400 g/mol. The van der Waals surface area contributed by atoms with Gasteiger partial charge in [-0.1, -0.05) is 61.9 Å². The molecule has 4 rings (SSSR count). The van der Waals surface area contributed by atoms with Crippen LogP contribution in [0.1, 0.15) is 25.3 Å². The maximum Gasteiger partial charge on any atom is 0.205 e. The number of hydrogen-bond acceptors (Lipinski definition) is 6. The van der Waals surface area contributed by atoms with Crippen LogP contribution in [0.4, 0.5) is 5.82 Å². The lowest BCUT2D eigenvalue weighted by Crippen LogP contribution is -2.24. The number of rotatable bonds is 8. The summed E-state index contributed by atoms with van der Waals surface area (Å²) < 4.78 is 0. The second kappa shape index (κ2) is 9.17. The minimum atomic E-state index is 0.208. The molecule has 0 spiro atoms. The summed E-state index contributed by atoms with van der Waals surface area (Å²) in [6.07, 6.45) is 3.83. The molecule has 0 aliphatic carbocycles. The minimum absolute atomic E-state index is 0.208. The fraction of sp³-hybridized carbons (Fsp3) is 0.217. The third-order valence-electron chi connectivity index (χ3n) is 5.00. The number of aromatic nitrogens is 5. The number of nitrogens with one attached hydrogen (secondary N) is 1. The van der Waals surface area contributed by atoms with Crippen LogP contribution in [-0.4, -0.2) is 37.3 Å². The van der Waals surface area contributed by atoms with E-state index in [9.17, 15) is 5.11 Å². The van der Waals surface area contributed by atoms with E-state index in [0.29, 0.717) is 18.2 Å². The Bertz CT molecular complexity index is 1080. The smallest absolute Gasteiger partial charge is 0.205 e. The van der Waals surface area contributed by atoms with Crippen LogP contribution in [0.2, 0.25) is 0 Å². The van der Waals surface area contributed by atoms with Crippen molar-refractivity contribution in [2.75, 3.05) is 11.4 Å². The van der Waals surface area contributed by atoms with Gasteiger partial charge in [-0.3, -0.25) is 0 Å². The van der Waals surface area contributed by atoms with Gasteiger partial charge >= 0.3 is 0 Å². The topological polar surface area (TPSA) is 90.8 Å². The molecule has 0 fully saturated rings. The van der Waals surface area contributed by atoms with Crippen LogP contribution in [0.25, 0.3) is 22.5 Å². The van der Waals surface area contributed by atoms with Crippen LogP contribution in [0.3, 0.4) is 0 Å². The molecule has 0 bridgehead atoms. The van der Waals surface area contributed by atoms with Gasteiger partial charge in [0.05, 0.1) is 0 Å². The maximum absolute atomic E-state index is 10.2. The molecule has 0 saturated carbocycles. The highest BCUT2D eigenvalue weighted by atomic mass is 16.3. The summed E-state index contributed by atoms with van der Waals surface area (Å²) in [4.78, 5) is 6.51. The average Bonchev–Trinajstić information content (AvgIpc) is 3.32. The van der Waals surface area contributed by atoms with E-state index < -0.39 is 0 Å². The molecule has 2 N–H and O–H groups in total. The number of unbranched alkanes of at least 4 members (excludes halogenated alkanes) is 1. The number of aromatic hydroxyl groups is 1. The molecule has 0 unspecified atom stereocenters. The lowest BCUT2D eigenvalue weighted by Gasteiger charge is -2.24. The first kappa shape index (κ1) is 19.6. The van der Waals surface area contributed by atoms with Crippen LogP contribution in [0, 0.1) is 0 Å². The van der Waals surface area contributed by atoms with Gasteiger partial charge in [0.2, 0.25) is 5.82 Å². The van der Waals surface area contributed by atoms with E-state index in [1.54, 1.807) is 18.3 Å². The first-order valence-corrected chi connectivity index (χ1v) is 10.1. The Kier molecular flexibility index (Phi) is 5.98. The predicted octanol–water partition coefficient (Wildman–Crippen LogP) is 4.44. The van der Waals surface area contributed by atoms with E-state index in [-0.39, 0.29) is 5.75 Å². The zero-order valence-electron chi connectivity index (χ0n) is 16.9. The number of benzene rings is 2.